The van der Waals surface area contributed by atoms with E-state index in [2.05, 4.69) is 22.0 Å². The van der Waals surface area contributed by atoms with Crippen LogP contribution in [0.2, 0.25) is 0 Å². The van der Waals surface area contributed by atoms with Crippen molar-refractivity contribution in [3.05, 3.63) is 26.4 Å². The summed E-state index contributed by atoms with van der Waals surface area (Å²) in [6.07, 6.45) is 2.95. The zero-order valence-corrected chi connectivity index (χ0v) is 9.28. The van der Waals surface area contributed by atoms with Crippen molar-refractivity contribution in [2.75, 3.05) is 6.61 Å². The quantitative estimate of drug-likeness (QED) is 0.868. The highest BCUT2D eigenvalue weighted by Crippen LogP contribution is 2.22. The van der Waals surface area contributed by atoms with Gasteiger partial charge in [0.15, 0.2) is 0 Å². The molecular weight excluding hydrogens is 236 g/mol. The number of halogens is 1. The number of hydrogen-bond donors (Lipinski definition) is 1. The highest BCUT2D eigenvalue weighted by molar-refractivity contribution is 9.10. The highest BCUT2D eigenvalue weighted by Gasteiger charge is 1.96. The molecule has 0 aromatic carbocycles. The van der Waals surface area contributed by atoms with Gasteiger partial charge in [-0.05, 0) is 40.1 Å². The van der Waals surface area contributed by atoms with Gasteiger partial charge in [-0.15, -0.1) is 11.3 Å². The van der Waals surface area contributed by atoms with Gasteiger partial charge in [-0.25, -0.2) is 0 Å². The van der Waals surface area contributed by atoms with Crippen molar-refractivity contribution in [2.45, 2.75) is 13.3 Å². The Morgan fingerprint density at radius 1 is 1.75 bits per heavy atom. The molecule has 1 N–H and O–H groups in total. The first-order valence-electron chi connectivity index (χ1n) is 3.80. The number of aliphatic hydroxyl groups is 1. The molecule has 0 fully saturated rings. The van der Waals surface area contributed by atoms with E-state index in [9.17, 15) is 0 Å². The van der Waals surface area contributed by atoms with Crippen LogP contribution in [0.25, 0.3) is 6.08 Å². The molecule has 12 heavy (non-hydrogen) atoms. The third kappa shape index (κ3) is 2.73. The molecule has 0 radical (unpaired) electrons. The third-order valence-corrected chi connectivity index (χ3v) is 3.23. The van der Waals surface area contributed by atoms with E-state index in [1.165, 1.54) is 4.88 Å². The molecule has 1 nitrogen and oxygen atoms in total. The molecule has 3 heteroatoms. The second-order valence-corrected chi connectivity index (χ2v) is 4.34. The molecule has 0 saturated heterocycles. The van der Waals surface area contributed by atoms with Gasteiger partial charge in [-0.1, -0.05) is 6.92 Å². The summed E-state index contributed by atoms with van der Waals surface area (Å²) in [6.45, 7) is 2.21. The summed E-state index contributed by atoms with van der Waals surface area (Å²) in [4.78, 5) is 1.19. The van der Waals surface area contributed by atoms with Crippen LogP contribution in [0.1, 0.15) is 18.2 Å². The summed E-state index contributed by atoms with van der Waals surface area (Å²) in [5.74, 6) is 0. The summed E-state index contributed by atoms with van der Waals surface area (Å²) in [5, 5.41) is 11.0. The van der Waals surface area contributed by atoms with Crippen molar-refractivity contribution in [1.82, 2.24) is 0 Å². The first-order valence-corrected chi connectivity index (χ1v) is 5.48. The molecule has 0 bridgehead atoms. The van der Waals surface area contributed by atoms with Crippen LogP contribution in [-0.2, 0) is 0 Å². The zero-order chi connectivity index (χ0) is 8.97. The average Bonchev–Trinajstić information content (AvgIpc) is 2.47. The monoisotopic (exact) mass is 246 g/mol. The van der Waals surface area contributed by atoms with Gasteiger partial charge >= 0.3 is 0 Å². The lowest BCUT2D eigenvalue weighted by Gasteiger charge is -1.96. The van der Waals surface area contributed by atoms with E-state index in [1.54, 1.807) is 11.3 Å². The summed E-state index contributed by atoms with van der Waals surface area (Å²) in [6, 6.07) is 2.05. The molecule has 1 aromatic rings. The fourth-order valence-electron chi connectivity index (χ4n) is 0.865. The van der Waals surface area contributed by atoms with Crippen LogP contribution in [0.3, 0.4) is 0 Å². The Morgan fingerprint density at radius 2 is 2.50 bits per heavy atom. The molecule has 0 aliphatic rings. The second-order valence-electron chi connectivity index (χ2n) is 2.48. The van der Waals surface area contributed by atoms with Gasteiger partial charge in [0.05, 0.1) is 6.61 Å². The Labute approximate surface area is 84.9 Å². The summed E-state index contributed by atoms with van der Waals surface area (Å²) < 4.78 is 1.10. The number of hydrogen-bond acceptors (Lipinski definition) is 2. The Balaban J connectivity index is 2.78. The molecular formula is C9H11BrOS. The van der Waals surface area contributed by atoms with Crippen LogP contribution in [0.5, 0.6) is 0 Å². The minimum Gasteiger partial charge on any atom is -0.392 e. The molecule has 1 heterocycles. The maximum absolute atomic E-state index is 8.92. The molecule has 0 saturated carbocycles. The Morgan fingerprint density at radius 3 is 2.92 bits per heavy atom. The van der Waals surface area contributed by atoms with E-state index >= 15 is 0 Å². The number of aliphatic hydroxyl groups excluding tert-OH is 1. The van der Waals surface area contributed by atoms with Crippen LogP contribution >= 0.6 is 27.3 Å². The molecule has 0 aliphatic heterocycles. The molecule has 0 spiro atoms. The average molecular weight is 247 g/mol. The number of thiophene rings is 1. The van der Waals surface area contributed by atoms with Gasteiger partial charge in [0, 0.05) is 14.7 Å². The predicted octanol–water partition coefficient (Wildman–Crippen LogP) is 3.30. The van der Waals surface area contributed by atoms with Crippen molar-refractivity contribution in [1.29, 1.82) is 0 Å². The molecule has 1 rings (SSSR count). The molecule has 0 unspecified atom stereocenters. The van der Waals surface area contributed by atoms with Crippen molar-refractivity contribution in [3.63, 3.8) is 0 Å². The molecule has 0 atom stereocenters. The summed E-state index contributed by atoms with van der Waals surface area (Å²) in [5.41, 5.74) is 1.07. The zero-order valence-electron chi connectivity index (χ0n) is 6.88. The molecule has 0 aliphatic carbocycles. The van der Waals surface area contributed by atoms with Crippen LogP contribution in [0, 0.1) is 0 Å². The van der Waals surface area contributed by atoms with E-state index in [0.29, 0.717) is 0 Å². The lowest BCUT2D eigenvalue weighted by molar-refractivity contribution is 0.329. The maximum atomic E-state index is 8.92. The fraction of sp³-hybridized carbons (Fsp3) is 0.333. The van der Waals surface area contributed by atoms with Crippen molar-refractivity contribution >= 4 is 33.3 Å². The van der Waals surface area contributed by atoms with Crippen molar-refractivity contribution in [2.24, 2.45) is 0 Å². The minimum absolute atomic E-state index is 0.159. The van der Waals surface area contributed by atoms with E-state index < -0.39 is 0 Å². The van der Waals surface area contributed by atoms with Crippen LogP contribution in [-0.4, -0.2) is 11.7 Å². The molecule has 1 aromatic heterocycles. The van der Waals surface area contributed by atoms with E-state index in [0.717, 1.165) is 16.5 Å². The lowest BCUT2D eigenvalue weighted by Crippen LogP contribution is -1.86. The van der Waals surface area contributed by atoms with Gasteiger partial charge in [0.25, 0.3) is 0 Å². The van der Waals surface area contributed by atoms with E-state index in [4.69, 9.17) is 5.11 Å². The Hall–Kier alpha value is -0.120. The lowest BCUT2D eigenvalue weighted by atomic mass is 10.2. The van der Waals surface area contributed by atoms with Crippen molar-refractivity contribution in [3.8, 4) is 0 Å². The Bertz CT molecular complexity index is 272. The largest absolute Gasteiger partial charge is 0.392 e. The normalized spacial score (nSPS) is 12.1. The first kappa shape index (κ1) is 9.96. The van der Waals surface area contributed by atoms with Gasteiger partial charge < -0.3 is 5.11 Å². The maximum Gasteiger partial charge on any atom is 0.0645 e. The summed E-state index contributed by atoms with van der Waals surface area (Å²) >= 11 is 5.06. The van der Waals surface area contributed by atoms with Gasteiger partial charge in [0.2, 0.25) is 0 Å². The van der Waals surface area contributed by atoms with E-state index in [1.807, 2.05) is 18.4 Å². The molecule has 0 amide bonds. The molecule has 66 valence electrons. The fourth-order valence-corrected chi connectivity index (χ4v) is 2.29. The smallest absolute Gasteiger partial charge is 0.0645 e. The van der Waals surface area contributed by atoms with E-state index in [-0.39, 0.29) is 6.61 Å². The van der Waals surface area contributed by atoms with Gasteiger partial charge in [-0.2, -0.15) is 0 Å². The Kier molecular flexibility index (Phi) is 3.98. The van der Waals surface area contributed by atoms with Crippen LogP contribution in [0.4, 0.5) is 0 Å². The van der Waals surface area contributed by atoms with Gasteiger partial charge in [0.1, 0.15) is 0 Å². The first-order chi connectivity index (χ1) is 5.76. The van der Waals surface area contributed by atoms with Crippen LogP contribution < -0.4 is 0 Å². The standard InChI is InChI=1S/C9H11BrOS/c1-2-7(5-11)3-9-4-8(10)6-12-9/h3-4,6,11H,2,5H2,1H3/b7-3+. The van der Waals surface area contributed by atoms with Crippen molar-refractivity contribution < 1.29 is 5.11 Å². The van der Waals surface area contributed by atoms with Gasteiger partial charge in [-0.3, -0.25) is 0 Å². The predicted molar refractivity (Wildman–Crippen MR) is 57.4 cm³/mol. The number of rotatable bonds is 3. The topological polar surface area (TPSA) is 20.2 Å². The van der Waals surface area contributed by atoms with Crippen LogP contribution in [0.15, 0.2) is 21.5 Å². The minimum atomic E-state index is 0.159. The SMILES string of the molecule is CC/C(=C\c1cc(Br)cs1)CO. The highest BCUT2D eigenvalue weighted by atomic mass is 79.9. The second kappa shape index (κ2) is 4.80. The summed E-state index contributed by atoms with van der Waals surface area (Å²) in [7, 11) is 0. The third-order valence-electron chi connectivity index (χ3n) is 1.59.